The predicted molar refractivity (Wildman–Crippen MR) is 191 cm³/mol. The summed E-state index contributed by atoms with van der Waals surface area (Å²) in [5.74, 6) is 1.22. The van der Waals surface area contributed by atoms with Crippen molar-refractivity contribution in [2.45, 2.75) is 48.1 Å². The fraction of sp³-hybridized carbons (Fsp3) is 0.297. The summed E-state index contributed by atoms with van der Waals surface area (Å²) in [6.45, 7) is 18.1. The van der Waals surface area contributed by atoms with E-state index in [0.717, 1.165) is 41.4 Å². The molecule has 5 nitrogen and oxygen atoms in total. The van der Waals surface area contributed by atoms with Gasteiger partial charge in [-0.05, 0) is 63.8 Å². The Kier molecular flexibility index (Phi) is 12.5. The second-order valence-corrected chi connectivity index (χ2v) is 17.3. The van der Waals surface area contributed by atoms with Gasteiger partial charge >= 0.3 is 148 Å². The Balaban J connectivity index is 0.000000209. The first-order chi connectivity index (χ1) is 21.9. The number of hydrogen-bond acceptors (Lipinski definition) is 4. The number of aromatic hydroxyl groups is 1. The number of rotatable bonds is 8. The number of aryl methyl sites for hydroxylation is 6. The van der Waals surface area contributed by atoms with Crippen molar-refractivity contribution in [3.8, 4) is 11.5 Å². The Morgan fingerprint density at radius 3 is 1.87 bits per heavy atom. The van der Waals surface area contributed by atoms with Crippen molar-refractivity contribution in [1.82, 2.24) is 0 Å². The number of nitrogens with zero attached hydrogens (tertiary/aromatic N) is 2. The Hall–Kier alpha value is -3.12. The first-order valence-corrected chi connectivity index (χ1v) is 20.6. The monoisotopic (exact) mass is 753 g/mol. The summed E-state index contributed by atoms with van der Waals surface area (Å²) in [5.41, 5.74) is 13.4. The summed E-state index contributed by atoms with van der Waals surface area (Å²) in [4.78, 5) is 4.81. The van der Waals surface area contributed by atoms with Crippen molar-refractivity contribution in [3.05, 3.63) is 118 Å². The van der Waals surface area contributed by atoms with Crippen LogP contribution >= 0.6 is 19.4 Å². The van der Waals surface area contributed by atoms with E-state index >= 15 is 0 Å². The van der Waals surface area contributed by atoms with Gasteiger partial charge in [-0.3, -0.25) is 0 Å². The fourth-order valence-corrected chi connectivity index (χ4v) is 8.02. The van der Waals surface area contributed by atoms with Gasteiger partial charge in [0.05, 0.1) is 0 Å². The van der Waals surface area contributed by atoms with Crippen LogP contribution < -0.4 is 19.9 Å². The molecule has 1 fully saturated rings. The normalized spacial score (nSPS) is 12.8. The number of methoxy groups -OCH3 is 1. The van der Waals surface area contributed by atoms with Gasteiger partial charge in [-0.1, -0.05) is 35.4 Å². The van der Waals surface area contributed by atoms with E-state index in [9.17, 15) is 4.39 Å². The summed E-state index contributed by atoms with van der Waals surface area (Å²) in [5, 5.41) is 3.30. The zero-order chi connectivity index (χ0) is 33.5. The Morgan fingerprint density at radius 1 is 0.848 bits per heavy atom. The molecule has 248 valence electrons. The Labute approximate surface area is 286 Å². The minimum absolute atomic E-state index is 0.308. The van der Waals surface area contributed by atoms with E-state index in [1.807, 2.05) is 18.2 Å². The van der Waals surface area contributed by atoms with Gasteiger partial charge in [-0.15, -0.1) is 0 Å². The number of aliphatic hydroxyl groups is 1. The van der Waals surface area contributed by atoms with Gasteiger partial charge in [0.2, 0.25) is 0 Å². The van der Waals surface area contributed by atoms with Gasteiger partial charge in [0.15, 0.2) is 0 Å². The van der Waals surface area contributed by atoms with Crippen molar-refractivity contribution in [3.63, 3.8) is 0 Å². The van der Waals surface area contributed by atoms with Crippen LogP contribution in [-0.4, -0.2) is 36.7 Å². The molecule has 2 N–H and O–H groups in total. The predicted octanol–water partition coefficient (Wildman–Crippen LogP) is 9.38. The van der Waals surface area contributed by atoms with E-state index in [0.29, 0.717) is 6.54 Å². The molecule has 1 heterocycles. The van der Waals surface area contributed by atoms with E-state index in [1.165, 1.54) is 56.9 Å². The molecule has 0 bridgehead atoms. The van der Waals surface area contributed by atoms with Crippen molar-refractivity contribution in [2.24, 2.45) is 0 Å². The summed E-state index contributed by atoms with van der Waals surface area (Å²) >= 11 is -2.02. The van der Waals surface area contributed by atoms with Crippen LogP contribution in [0, 0.1) is 54.0 Å². The molecule has 0 saturated carbocycles. The van der Waals surface area contributed by atoms with Crippen molar-refractivity contribution >= 4 is 41.1 Å². The van der Waals surface area contributed by atoms with Crippen LogP contribution in [0.4, 0.5) is 21.5 Å². The summed E-state index contributed by atoms with van der Waals surface area (Å²) in [7, 11) is 15.2. The molecule has 5 rings (SSSR count). The minimum atomic E-state index is -2.02. The standard InChI is InChI=1S/C21H27N2.C16H16FNO2.2ClH.Ru/c1-14-9-16(3)20(17(4)10-14)22-7-8-23(13-22)21-18(5)11-15(2)12-19(21)6;1-11-8-13(17)5-4-12(11)10-18-15-7-6-14(19-2)9-16(15)20-3;;;/h9-13H,7-8H2,1-6H3;1,4-9,18H,10H2,2-3H3;2*1H;/q-1;;;;+2/p-1. The molecule has 0 atom stereocenters. The van der Waals surface area contributed by atoms with Gasteiger partial charge in [0.1, 0.15) is 0 Å². The van der Waals surface area contributed by atoms with Gasteiger partial charge in [-0.2, -0.15) is 6.67 Å². The van der Waals surface area contributed by atoms with Gasteiger partial charge in [0, 0.05) is 24.5 Å². The van der Waals surface area contributed by atoms with Crippen LogP contribution in [0.3, 0.4) is 0 Å². The number of anilines is 3. The molecule has 1 saturated heterocycles. The van der Waals surface area contributed by atoms with Crippen LogP contribution in [0.2, 0.25) is 0 Å². The number of hydrogen-bond donors (Lipinski definition) is 1. The molecule has 1 aliphatic rings. The van der Waals surface area contributed by atoms with Crippen molar-refractivity contribution in [1.29, 1.82) is 0 Å². The maximum absolute atomic E-state index is 13.4. The molecule has 1 aliphatic heterocycles. The average Bonchev–Trinajstić information content (AvgIpc) is 3.44. The quantitative estimate of drug-likeness (QED) is 0.0843. The fourth-order valence-electron chi connectivity index (χ4n) is 6.16. The molecular formula is C37H44Cl2FN3O2Ru. The molecule has 46 heavy (non-hydrogen) atoms. The molecule has 4 aromatic rings. The SMILES string of the molecule is COc1ccc(NCc2ccc(F)cc2[CH]=[Ru]([Cl])[Cl])c([OH+]C)c1.Cc1cc(C)c(N2[CH-]N(c3c(C)cc(C)cc3C)CC2)c(C)c1. The number of halogens is 3. The largest absolute Gasteiger partial charge is 0.502 e. The first kappa shape index (κ1) is 35.7. The smallest absolute Gasteiger partial charge is 0.0146 e. The molecule has 0 spiro atoms. The average molecular weight is 754 g/mol. The van der Waals surface area contributed by atoms with Gasteiger partial charge in [0.25, 0.3) is 0 Å². The molecule has 0 aliphatic carbocycles. The van der Waals surface area contributed by atoms with E-state index < -0.39 is 13.5 Å². The first-order valence-electron chi connectivity index (χ1n) is 15.1. The minimum Gasteiger partial charge on any atom is -0.502 e. The van der Waals surface area contributed by atoms with Crippen molar-refractivity contribution in [2.75, 3.05) is 42.4 Å². The molecule has 4 aromatic carbocycles. The summed E-state index contributed by atoms with van der Waals surface area (Å²) < 4.78 is 24.6. The maximum Gasteiger partial charge on any atom is 0.0146 e. The zero-order valence-electron chi connectivity index (χ0n) is 27.8. The third-order valence-electron chi connectivity index (χ3n) is 7.92. The topological polar surface area (TPSA) is 40.5 Å². The van der Waals surface area contributed by atoms with Crippen LogP contribution in [-0.2, 0) is 20.1 Å². The van der Waals surface area contributed by atoms with Crippen molar-refractivity contribution < 1.29 is 27.4 Å². The van der Waals surface area contributed by atoms with Crippen LogP contribution in [0.1, 0.15) is 44.5 Å². The Bertz CT molecular complexity index is 1620. The second kappa shape index (κ2) is 16.1. The van der Waals surface area contributed by atoms with E-state index in [-0.39, 0.29) is 5.82 Å². The molecule has 9 heteroatoms. The molecule has 0 unspecified atom stereocenters. The second-order valence-electron chi connectivity index (χ2n) is 11.6. The van der Waals surface area contributed by atoms with E-state index in [4.69, 9.17) is 24.1 Å². The van der Waals surface area contributed by atoms with E-state index in [1.54, 1.807) is 24.9 Å². The number of nitrogens with one attached hydrogen (secondary N) is 1. The third-order valence-corrected chi connectivity index (χ3v) is 9.75. The van der Waals surface area contributed by atoms with Crippen LogP contribution in [0.25, 0.3) is 0 Å². The van der Waals surface area contributed by atoms with Crippen LogP contribution in [0.5, 0.6) is 11.5 Å². The van der Waals surface area contributed by atoms with Gasteiger partial charge in [-0.25, -0.2) is 0 Å². The van der Waals surface area contributed by atoms with Gasteiger partial charge < -0.3 is 9.80 Å². The van der Waals surface area contributed by atoms with E-state index in [2.05, 4.69) is 92.3 Å². The number of ether oxygens (including phenoxy) is 2. The summed E-state index contributed by atoms with van der Waals surface area (Å²) in [6.07, 6.45) is 0. The molecule has 0 aromatic heterocycles. The molecular weight excluding hydrogens is 709 g/mol. The van der Waals surface area contributed by atoms with Crippen LogP contribution in [0.15, 0.2) is 60.7 Å². The number of benzene rings is 4. The third kappa shape index (κ3) is 9.03. The molecule has 0 amide bonds. The Morgan fingerprint density at radius 2 is 1.39 bits per heavy atom. The summed E-state index contributed by atoms with van der Waals surface area (Å²) in [6, 6.07) is 19.3. The zero-order valence-corrected chi connectivity index (χ0v) is 31.0. The molecule has 0 radical (unpaired) electrons. The maximum atomic E-state index is 13.4.